The van der Waals surface area contributed by atoms with Crippen LogP contribution in [0.25, 0.3) is 11.4 Å². The van der Waals surface area contributed by atoms with Gasteiger partial charge in [0.05, 0.1) is 13.2 Å². The summed E-state index contributed by atoms with van der Waals surface area (Å²) >= 11 is 0. The first kappa shape index (κ1) is 20.9. The number of hydrogen-bond donors (Lipinski definition) is 0. The summed E-state index contributed by atoms with van der Waals surface area (Å²) in [5.74, 6) is 2.14. The minimum atomic E-state index is -0.235. The Morgan fingerprint density at radius 1 is 1.13 bits per heavy atom. The van der Waals surface area contributed by atoms with E-state index in [-0.39, 0.29) is 11.9 Å². The van der Waals surface area contributed by atoms with Gasteiger partial charge in [-0.1, -0.05) is 28.9 Å². The topological polar surface area (TPSA) is 77.7 Å². The lowest BCUT2D eigenvalue weighted by Gasteiger charge is -2.22. The average molecular weight is 421 g/mol. The molecule has 0 saturated carbocycles. The number of rotatable bonds is 7. The van der Waals surface area contributed by atoms with E-state index in [1.165, 1.54) is 0 Å². The van der Waals surface area contributed by atoms with Crippen molar-refractivity contribution >= 4 is 5.91 Å². The number of ether oxygens (including phenoxy) is 2. The van der Waals surface area contributed by atoms with E-state index in [4.69, 9.17) is 14.0 Å². The van der Waals surface area contributed by atoms with Crippen molar-refractivity contribution in [2.75, 3.05) is 19.8 Å². The van der Waals surface area contributed by atoms with Crippen molar-refractivity contribution in [3.8, 4) is 22.9 Å². The number of carbonyl (C=O) groups excluding carboxylic acids is 1. The fraction of sp³-hybridized carbons (Fsp3) is 0.375. The number of benzene rings is 2. The molecule has 1 atom stereocenters. The number of likely N-dealkylation sites (tertiary alicyclic amines) is 1. The molecule has 1 aliphatic heterocycles. The van der Waals surface area contributed by atoms with Crippen LogP contribution in [0, 0.1) is 6.92 Å². The van der Waals surface area contributed by atoms with Crippen LogP contribution in [0.3, 0.4) is 0 Å². The summed E-state index contributed by atoms with van der Waals surface area (Å²) in [5, 5.41) is 4.15. The van der Waals surface area contributed by atoms with Crippen molar-refractivity contribution in [1.29, 1.82) is 0 Å². The normalized spacial score (nSPS) is 15.8. The summed E-state index contributed by atoms with van der Waals surface area (Å²) < 4.78 is 16.9. The van der Waals surface area contributed by atoms with E-state index in [9.17, 15) is 4.79 Å². The minimum absolute atomic E-state index is 0.0817. The van der Waals surface area contributed by atoms with E-state index >= 15 is 0 Å². The summed E-state index contributed by atoms with van der Waals surface area (Å²) in [6, 6.07) is 13.0. The van der Waals surface area contributed by atoms with E-state index in [0.717, 1.165) is 24.0 Å². The van der Waals surface area contributed by atoms with Gasteiger partial charge < -0.3 is 18.9 Å². The summed E-state index contributed by atoms with van der Waals surface area (Å²) in [6.07, 6.45) is 1.67. The van der Waals surface area contributed by atoms with Gasteiger partial charge in [-0.05, 0) is 57.9 Å². The molecule has 2 heterocycles. The van der Waals surface area contributed by atoms with Gasteiger partial charge in [-0.15, -0.1) is 0 Å². The third kappa shape index (κ3) is 4.40. The molecule has 2 aromatic carbocycles. The Kier molecular flexibility index (Phi) is 6.21. The van der Waals surface area contributed by atoms with Crippen LogP contribution in [0.1, 0.15) is 54.5 Å². The highest BCUT2D eigenvalue weighted by Crippen LogP contribution is 2.35. The first-order chi connectivity index (χ1) is 15.1. The van der Waals surface area contributed by atoms with Crippen molar-refractivity contribution in [3.05, 3.63) is 59.5 Å². The highest BCUT2D eigenvalue weighted by Gasteiger charge is 2.35. The number of amides is 1. The second-order valence-corrected chi connectivity index (χ2v) is 7.51. The minimum Gasteiger partial charge on any atom is -0.490 e. The molecular weight excluding hydrogens is 394 g/mol. The molecule has 1 saturated heterocycles. The Hall–Kier alpha value is -3.35. The zero-order chi connectivity index (χ0) is 21.8. The van der Waals surface area contributed by atoms with E-state index < -0.39 is 0 Å². The molecule has 1 unspecified atom stereocenters. The molecule has 0 aliphatic carbocycles. The largest absolute Gasteiger partial charge is 0.490 e. The van der Waals surface area contributed by atoms with Gasteiger partial charge in [0, 0.05) is 17.7 Å². The third-order valence-electron chi connectivity index (χ3n) is 5.31. The van der Waals surface area contributed by atoms with Gasteiger partial charge in [-0.3, -0.25) is 4.79 Å². The average Bonchev–Trinajstić information content (AvgIpc) is 3.44. The summed E-state index contributed by atoms with van der Waals surface area (Å²) in [5.41, 5.74) is 2.58. The van der Waals surface area contributed by atoms with Crippen molar-refractivity contribution in [3.63, 3.8) is 0 Å². The molecular formula is C24H27N3O4. The van der Waals surface area contributed by atoms with Gasteiger partial charge >= 0.3 is 0 Å². The molecule has 162 valence electrons. The molecule has 1 aromatic heterocycles. The number of carbonyl (C=O) groups is 1. The van der Waals surface area contributed by atoms with Crippen LogP contribution in [0.2, 0.25) is 0 Å². The van der Waals surface area contributed by atoms with Crippen LogP contribution in [0.5, 0.6) is 11.5 Å². The van der Waals surface area contributed by atoms with Gasteiger partial charge in [0.1, 0.15) is 6.04 Å². The molecule has 1 aliphatic rings. The van der Waals surface area contributed by atoms with Crippen LogP contribution in [-0.4, -0.2) is 40.7 Å². The summed E-state index contributed by atoms with van der Waals surface area (Å²) in [7, 11) is 0. The zero-order valence-corrected chi connectivity index (χ0v) is 18.1. The smallest absolute Gasteiger partial charge is 0.254 e. The monoisotopic (exact) mass is 421 g/mol. The van der Waals surface area contributed by atoms with E-state index in [0.29, 0.717) is 48.5 Å². The third-order valence-corrected chi connectivity index (χ3v) is 5.31. The lowest BCUT2D eigenvalue weighted by Crippen LogP contribution is -2.30. The predicted molar refractivity (Wildman–Crippen MR) is 116 cm³/mol. The number of nitrogens with zero attached hydrogens (tertiary/aromatic N) is 3. The van der Waals surface area contributed by atoms with Crippen LogP contribution in [0.4, 0.5) is 0 Å². The highest BCUT2D eigenvalue weighted by atomic mass is 16.5. The quantitative estimate of drug-likeness (QED) is 0.544. The van der Waals surface area contributed by atoms with E-state index in [1.54, 1.807) is 23.1 Å². The second-order valence-electron chi connectivity index (χ2n) is 7.51. The zero-order valence-electron chi connectivity index (χ0n) is 18.1. The van der Waals surface area contributed by atoms with Gasteiger partial charge in [-0.2, -0.15) is 4.98 Å². The molecule has 0 N–H and O–H groups in total. The first-order valence-electron chi connectivity index (χ1n) is 10.7. The van der Waals surface area contributed by atoms with Crippen molar-refractivity contribution in [1.82, 2.24) is 15.0 Å². The molecule has 7 heteroatoms. The maximum atomic E-state index is 13.3. The second kappa shape index (κ2) is 9.20. The van der Waals surface area contributed by atoms with Crippen LogP contribution < -0.4 is 9.47 Å². The fourth-order valence-corrected chi connectivity index (χ4v) is 3.89. The molecule has 4 rings (SSSR count). The molecule has 0 radical (unpaired) electrons. The standard InChI is InChI=1S/C24H27N3O4/c1-4-29-20-12-11-18(15-21(20)30-5-2)24(28)27-13-7-10-19(27)23-25-22(26-31-23)17-9-6-8-16(3)14-17/h6,8-9,11-12,14-15,19H,4-5,7,10,13H2,1-3H3. The predicted octanol–water partition coefficient (Wildman–Crippen LogP) is 4.82. The SMILES string of the molecule is CCOc1ccc(C(=O)N2CCCC2c2nc(-c3cccc(C)c3)no2)cc1OCC. The van der Waals surface area contributed by atoms with Gasteiger partial charge in [0.15, 0.2) is 11.5 Å². The molecule has 1 fully saturated rings. The Bertz CT molecular complexity index is 1060. The molecule has 3 aromatic rings. The van der Waals surface area contributed by atoms with Gasteiger partial charge in [-0.25, -0.2) is 0 Å². The highest BCUT2D eigenvalue weighted by molar-refractivity contribution is 5.95. The molecule has 1 amide bonds. The van der Waals surface area contributed by atoms with Crippen molar-refractivity contribution in [2.24, 2.45) is 0 Å². The summed E-state index contributed by atoms with van der Waals surface area (Å²) in [4.78, 5) is 19.7. The van der Waals surface area contributed by atoms with E-state index in [2.05, 4.69) is 10.1 Å². The molecule has 0 bridgehead atoms. The van der Waals surface area contributed by atoms with Crippen LogP contribution >= 0.6 is 0 Å². The first-order valence-corrected chi connectivity index (χ1v) is 10.7. The lowest BCUT2D eigenvalue weighted by molar-refractivity contribution is 0.0709. The van der Waals surface area contributed by atoms with Crippen LogP contribution in [0.15, 0.2) is 47.0 Å². The van der Waals surface area contributed by atoms with Crippen molar-refractivity contribution in [2.45, 2.75) is 39.7 Å². The van der Waals surface area contributed by atoms with Gasteiger partial charge in [0.25, 0.3) is 5.91 Å². The molecule has 31 heavy (non-hydrogen) atoms. The Morgan fingerprint density at radius 2 is 1.94 bits per heavy atom. The molecule has 0 spiro atoms. The maximum Gasteiger partial charge on any atom is 0.254 e. The maximum absolute atomic E-state index is 13.3. The Balaban J connectivity index is 1.57. The van der Waals surface area contributed by atoms with E-state index in [1.807, 2.05) is 45.0 Å². The summed E-state index contributed by atoms with van der Waals surface area (Å²) in [6.45, 7) is 7.51. The number of aromatic nitrogens is 2. The fourth-order valence-electron chi connectivity index (χ4n) is 3.89. The number of aryl methyl sites for hydroxylation is 1. The van der Waals surface area contributed by atoms with Gasteiger partial charge in [0.2, 0.25) is 11.7 Å². The number of hydrogen-bond acceptors (Lipinski definition) is 6. The Labute approximate surface area is 182 Å². The lowest BCUT2D eigenvalue weighted by atomic mass is 10.1. The van der Waals surface area contributed by atoms with Crippen molar-refractivity contribution < 1.29 is 18.8 Å². The molecule has 7 nitrogen and oxygen atoms in total. The Morgan fingerprint density at radius 3 is 2.71 bits per heavy atom. The van der Waals surface area contributed by atoms with Crippen LogP contribution in [-0.2, 0) is 0 Å².